The normalized spacial score (nSPS) is 11.6. The average molecular weight is 290 g/mol. The lowest BCUT2D eigenvalue weighted by Gasteiger charge is -2.04. The van der Waals surface area contributed by atoms with Crippen molar-refractivity contribution in [3.8, 4) is 5.75 Å². The number of halogens is 2. The van der Waals surface area contributed by atoms with E-state index in [0.29, 0.717) is 5.88 Å². The Morgan fingerprint density at radius 1 is 1.53 bits per heavy atom. The lowest BCUT2D eigenvalue weighted by Crippen LogP contribution is -1.86. The Labute approximate surface area is 104 Å². The molecule has 1 rings (SSSR count). The van der Waals surface area contributed by atoms with Crippen molar-refractivity contribution < 1.29 is 4.74 Å². The van der Waals surface area contributed by atoms with Crippen molar-refractivity contribution in [3.05, 3.63) is 33.8 Å². The van der Waals surface area contributed by atoms with Gasteiger partial charge < -0.3 is 4.74 Å². The molecule has 0 saturated heterocycles. The maximum atomic E-state index is 5.81. The summed E-state index contributed by atoms with van der Waals surface area (Å²) in [5, 5.41) is 0. The molecule has 0 radical (unpaired) electrons. The zero-order valence-corrected chi connectivity index (χ0v) is 11.2. The predicted octanol–water partition coefficient (Wildman–Crippen LogP) is 4.49. The lowest BCUT2D eigenvalue weighted by atomic mass is 10.1. The first-order valence-corrected chi connectivity index (χ1v) is 6.13. The van der Waals surface area contributed by atoms with E-state index in [1.54, 1.807) is 7.11 Å². The number of ether oxygens (including phenoxy) is 1. The molecule has 0 amide bonds. The highest BCUT2D eigenvalue weighted by atomic mass is 79.9. The van der Waals surface area contributed by atoms with Crippen molar-refractivity contribution in [1.82, 2.24) is 0 Å². The van der Waals surface area contributed by atoms with Crippen LogP contribution in [0.15, 0.2) is 28.2 Å². The van der Waals surface area contributed by atoms with E-state index in [2.05, 4.69) is 28.9 Å². The van der Waals surface area contributed by atoms with Gasteiger partial charge in [-0.15, -0.1) is 11.6 Å². The third-order valence-electron chi connectivity index (χ3n) is 2.17. The summed E-state index contributed by atoms with van der Waals surface area (Å²) >= 11 is 9.27. The Morgan fingerprint density at radius 3 is 2.73 bits per heavy atom. The SMILES string of the molecule is CCC(=Cc1ccc(OC)c(Br)c1)CCl. The summed E-state index contributed by atoms with van der Waals surface area (Å²) in [6, 6.07) is 5.99. The van der Waals surface area contributed by atoms with E-state index in [1.165, 1.54) is 5.57 Å². The minimum Gasteiger partial charge on any atom is -0.496 e. The smallest absolute Gasteiger partial charge is 0.133 e. The van der Waals surface area contributed by atoms with Crippen LogP contribution in [0.5, 0.6) is 5.75 Å². The minimum absolute atomic E-state index is 0.583. The molecule has 1 nitrogen and oxygen atoms in total. The summed E-state index contributed by atoms with van der Waals surface area (Å²) in [5.41, 5.74) is 2.37. The summed E-state index contributed by atoms with van der Waals surface area (Å²) in [4.78, 5) is 0. The molecule has 0 bridgehead atoms. The monoisotopic (exact) mass is 288 g/mol. The third kappa shape index (κ3) is 3.54. The lowest BCUT2D eigenvalue weighted by molar-refractivity contribution is 0.412. The van der Waals surface area contributed by atoms with E-state index in [9.17, 15) is 0 Å². The predicted molar refractivity (Wildman–Crippen MR) is 69.7 cm³/mol. The van der Waals surface area contributed by atoms with Gasteiger partial charge in [-0.05, 0) is 40.0 Å². The highest BCUT2D eigenvalue weighted by Crippen LogP contribution is 2.26. The molecule has 0 aliphatic rings. The summed E-state index contributed by atoms with van der Waals surface area (Å²) in [5.74, 6) is 1.43. The summed E-state index contributed by atoms with van der Waals surface area (Å²) < 4.78 is 6.13. The number of hydrogen-bond acceptors (Lipinski definition) is 1. The van der Waals surface area contributed by atoms with Crippen molar-refractivity contribution in [2.24, 2.45) is 0 Å². The second kappa shape index (κ2) is 6.19. The zero-order chi connectivity index (χ0) is 11.3. The highest BCUT2D eigenvalue weighted by Gasteiger charge is 2.00. The van der Waals surface area contributed by atoms with Crippen LogP contribution in [0.3, 0.4) is 0 Å². The molecule has 0 heterocycles. The van der Waals surface area contributed by atoms with E-state index < -0.39 is 0 Å². The van der Waals surface area contributed by atoms with Crippen molar-refractivity contribution in [1.29, 1.82) is 0 Å². The molecule has 0 fully saturated rings. The van der Waals surface area contributed by atoms with Gasteiger partial charge in [0.25, 0.3) is 0 Å². The fourth-order valence-corrected chi connectivity index (χ4v) is 2.07. The second-order valence-electron chi connectivity index (χ2n) is 3.18. The number of benzene rings is 1. The number of rotatable bonds is 4. The van der Waals surface area contributed by atoms with Gasteiger partial charge in [0.05, 0.1) is 11.6 Å². The van der Waals surface area contributed by atoms with E-state index in [1.807, 2.05) is 18.2 Å². The van der Waals surface area contributed by atoms with E-state index in [4.69, 9.17) is 16.3 Å². The Hall–Kier alpha value is -0.470. The maximum absolute atomic E-state index is 5.81. The van der Waals surface area contributed by atoms with Crippen LogP contribution in [0.4, 0.5) is 0 Å². The van der Waals surface area contributed by atoms with Crippen LogP contribution >= 0.6 is 27.5 Å². The fourth-order valence-electron chi connectivity index (χ4n) is 1.24. The van der Waals surface area contributed by atoms with Crippen LogP contribution in [0.1, 0.15) is 18.9 Å². The van der Waals surface area contributed by atoms with Crippen LogP contribution in [0.2, 0.25) is 0 Å². The molecule has 15 heavy (non-hydrogen) atoms. The summed E-state index contributed by atoms with van der Waals surface area (Å²) in [6.07, 6.45) is 3.09. The maximum Gasteiger partial charge on any atom is 0.133 e. The molecule has 3 heteroatoms. The molecule has 1 aromatic carbocycles. The molecule has 0 spiro atoms. The average Bonchev–Trinajstić information content (AvgIpc) is 2.26. The molecular weight excluding hydrogens is 275 g/mol. The molecule has 0 aliphatic heterocycles. The van der Waals surface area contributed by atoms with Crippen molar-refractivity contribution in [2.75, 3.05) is 13.0 Å². The van der Waals surface area contributed by atoms with Crippen molar-refractivity contribution >= 4 is 33.6 Å². The van der Waals surface area contributed by atoms with Gasteiger partial charge >= 0.3 is 0 Å². The van der Waals surface area contributed by atoms with Crippen LogP contribution in [0.25, 0.3) is 6.08 Å². The topological polar surface area (TPSA) is 9.23 Å². The summed E-state index contributed by atoms with van der Waals surface area (Å²) in [6.45, 7) is 2.10. The van der Waals surface area contributed by atoms with Gasteiger partial charge in [-0.1, -0.05) is 24.6 Å². The van der Waals surface area contributed by atoms with Crippen molar-refractivity contribution in [2.45, 2.75) is 13.3 Å². The Morgan fingerprint density at radius 2 is 2.27 bits per heavy atom. The van der Waals surface area contributed by atoms with Gasteiger partial charge in [0.2, 0.25) is 0 Å². The largest absolute Gasteiger partial charge is 0.496 e. The number of alkyl halides is 1. The first-order valence-electron chi connectivity index (χ1n) is 4.80. The zero-order valence-electron chi connectivity index (χ0n) is 8.89. The van der Waals surface area contributed by atoms with E-state index in [0.717, 1.165) is 22.2 Å². The standard InChI is InChI=1S/C12H14BrClO/c1-3-9(8-14)6-10-4-5-12(15-2)11(13)7-10/h4-7H,3,8H2,1-2H3. The van der Waals surface area contributed by atoms with Gasteiger partial charge in [-0.2, -0.15) is 0 Å². The molecule has 0 aliphatic carbocycles. The first kappa shape index (κ1) is 12.6. The van der Waals surface area contributed by atoms with Crippen LogP contribution < -0.4 is 4.74 Å². The van der Waals surface area contributed by atoms with Crippen LogP contribution in [0, 0.1) is 0 Å². The molecule has 0 saturated carbocycles. The van der Waals surface area contributed by atoms with Crippen LogP contribution in [-0.4, -0.2) is 13.0 Å². The van der Waals surface area contributed by atoms with E-state index >= 15 is 0 Å². The Bertz CT molecular complexity index is 355. The molecule has 82 valence electrons. The quantitative estimate of drug-likeness (QED) is 0.742. The van der Waals surface area contributed by atoms with Crippen LogP contribution in [-0.2, 0) is 0 Å². The van der Waals surface area contributed by atoms with Gasteiger partial charge in [0.15, 0.2) is 0 Å². The van der Waals surface area contributed by atoms with Gasteiger partial charge in [0.1, 0.15) is 5.75 Å². The molecule has 0 unspecified atom stereocenters. The number of methoxy groups -OCH3 is 1. The molecule has 0 N–H and O–H groups in total. The van der Waals surface area contributed by atoms with Gasteiger partial charge in [0, 0.05) is 5.88 Å². The summed E-state index contributed by atoms with van der Waals surface area (Å²) in [7, 11) is 1.66. The molecule has 0 aromatic heterocycles. The third-order valence-corrected chi connectivity index (χ3v) is 3.14. The fraction of sp³-hybridized carbons (Fsp3) is 0.333. The van der Waals surface area contributed by atoms with Gasteiger partial charge in [-0.3, -0.25) is 0 Å². The number of allylic oxidation sites excluding steroid dienone is 1. The number of hydrogen-bond donors (Lipinski definition) is 0. The molecule has 1 aromatic rings. The van der Waals surface area contributed by atoms with E-state index in [-0.39, 0.29) is 0 Å². The first-order chi connectivity index (χ1) is 7.21. The van der Waals surface area contributed by atoms with Crippen molar-refractivity contribution in [3.63, 3.8) is 0 Å². The van der Waals surface area contributed by atoms with Gasteiger partial charge in [-0.25, -0.2) is 0 Å². The Balaban J connectivity index is 2.97. The second-order valence-corrected chi connectivity index (χ2v) is 4.31. The minimum atomic E-state index is 0.583. The molecular formula is C12H14BrClO. The Kier molecular flexibility index (Phi) is 5.20. The molecule has 0 atom stereocenters. The highest BCUT2D eigenvalue weighted by molar-refractivity contribution is 9.10.